The van der Waals surface area contributed by atoms with Crippen LogP contribution < -0.4 is 15.7 Å². The van der Waals surface area contributed by atoms with Crippen LogP contribution in [-0.4, -0.2) is 33.9 Å². The monoisotopic (exact) mass is 358 g/mol. The number of rotatable bonds is 6. The van der Waals surface area contributed by atoms with Crippen molar-refractivity contribution in [3.63, 3.8) is 0 Å². The number of ether oxygens (including phenoxy) is 1. The average Bonchev–Trinajstić information content (AvgIpc) is 2.83. The molecule has 0 unspecified atom stereocenters. The molecule has 0 saturated carbocycles. The third-order valence-electron chi connectivity index (χ3n) is 3.44. The third kappa shape index (κ3) is 4.61. The number of benzene rings is 1. The number of amides is 1. The van der Waals surface area contributed by atoms with Crippen LogP contribution in [0.25, 0.3) is 0 Å². The minimum Gasteiger partial charge on any atom is -0.497 e. The van der Waals surface area contributed by atoms with Gasteiger partial charge in [0, 0.05) is 13.6 Å². The van der Waals surface area contributed by atoms with Crippen molar-refractivity contribution in [1.29, 1.82) is 0 Å². The van der Waals surface area contributed by atoms with Crippen molar-refractivity contribution in [2.45, 2.75) is 19.1 Å². The second kappa shape index (κ2) is 7.41. The van der Waals surface area contributed by atoms with E-state index in [1.807, 2.05) is 0 Å². The van der Waals surface area contributed by atoms with Crippen molar-refractivity contribution < 1.29 is 22.7 Å². The maximum atomic E-state index is 12.7. The number of nitrogens with one attached hydrogen (secondary N) is 1. The first-order valence-electron chi connectivity index (χ1n) is 7.33. The Labute approximate surface area is 141 Å². The summed E-state index contributed by atoms with van der Waals surface area (Å²) in [5, 5.41) is 5.80. The zero-order valence-electron chi connectivity index (χ0n) is 13.6. The van der Waals surface area contributed by atoms with Crippen LogP contribution in [0.2, 0.25) is 0 Å². The highest BCUT2D eigenvalue weighted by Gasteiger charge is 2.37. The molecule has 1 heterocycles. The van der Waals surface area contributed by atoms with Crippen LogP contribution in [0.5, 0.6) is 5.75 Å². The van der Waals surface area contributed by atoms with E-state index in [1.165, 1.54) is 7.11 Å². The summed E-state index contributed by atoms with van der Waals surface area (Å²) in [6, 6.07) is 6.94. The molecule has 10 heteroatoms. The molecule has 0 aliphatic carbocycles. The molecule has 0 saturated heterocycles. The number of alkyl halides is 3. The highest BCUT2D eigenvalue weighted by molar-refractivity contribution is 5.78. The standard InChI is InChI=1S/C15H17F3N4O3/c1-21-13(15(16,17)18)20-22(14(21)24)7-6-19-12(23)9-10-4-3-5-11(8-10)25-2/h3-5,8H,6-7,9H2,1-2H3,(H,19,23). The van der Waals surface area contributed by atoms with Gasteiger partial charge in [-0.05, 0) is 17.7 Å². The summed E-state index contributed by atoms with van der Waals surface area (Å²) in [6.45, 7) is -0.177. The molecule has 1 N–H and O–H groups in total. The van der Waals surface area contributed by atoms with E-state index >= 15 is 0 Å². The van der Waals surface area contributed by atoms with Crippen molar-refractivity contribution >= 4 is 5.91 Å². The van der Waals surface area contributed by atoms with Gasteiger partial charge >= 0.3 is 11.9 Å². The Balaban J connectivity index is 1.92. The van der Waals surface area contributed by atoms with Gasteiger partial charge in [0.25, 0.3) is 0 Å². The maximum Gasteiger partial charge on any atom is 0.451 e. The van der Waals surface area contributed by atoms with E-state index in [1.54, 1.807) is 24.3 Å². The van der Waals surface area contributed by atoms with Gasteiger partial charge in [-0.1, -0.05) is 12.1 Å². The second-order valence-corrected chi connectivity index (χ2v) is 5.26. The van der Waals surface area contributed by atoms with Gasteiger partial charge < -0.3 is 10.1 Å². The van der Waals surface area contributed by atoms with Crippen molar-refractivity contribution in [3.8, 4) is 5.75 Å². The van der Waals surface area contributed by atoms with Gasteiger partial charge in [0.2, 0.25) is 11.7 Å². The SMILES string of the molecule is COc1cccc(CC(=O)NCCn2nc(C(F)(F)F)n(C)c2=O)c1. The molecule has 7 nitrogen and oxygen atoms in total. The van der Waals surface area contributed by atoms with Gasteiger partial charge in [-0.15, -0.1) is 5.10 Å². The molecular weight excluding hydrogens is 341 g/mol. The lowest BCUT2D eigenvalue weighted by atomic mass is 10.1. The first-order chi connectivity index (χ1) is 11.7. The molecule has 0 atom stereocenters. The fourth-order valence-corrected chi connectivity index (χ4v) is 2.21. The Kier molecular flexibility index (Phi) is 5.50. The number of hydrogen-bond acceptors (Lipinski definition) is 4. The summed E-state index contributed by atoms with van der Waals surface area (Å²) in [5.41, 5.74) is -0.166. The molecule has 2 rings (SSSR count). The van der Waals surface area contributed by atoms with E-state index in [0.717, 1.165) is 12.6 Å². The van der Waals surface area contributed by atoms with Gasteiger partial charge in [0.05, 0.1) is 20.1 Å². The first kappa shape index (κ1) is 18.6. The van der Waals surface area contributed by atoms with Gasteiger partial charge in [-0.3, -0.25) is 9.36 Å². The van der Waals surface area contributed by atoms with Gasteiger partial charge in [0.15, 0.2) is 0 Å². The van der Waals surface area contributed by atoms with E-state index in [9.17, 15) is 22.8 Å². The van der Waals surface area contributed by atoms with E-state index in [2.05, 4.69) is 10.4 Å². The van der Waals surface area contributed by atoms with E-state index in [-0.39, 0.29) is 25.4 Å². The largest absolute Gasteiger partial charge is 0.497 e. The number of methoxy groups -OCH3 is 1. The van der Waals surface area contributed by atoms with Gasteiger partial charge in [-0.2, -0.15) is 13.2 Å². The zero-order valence-corrected chi connectivity index (χ0v) is 13.6. The molecule has 0 aliphatic heterocycles. The lowest BCUT2D eigenvalue weighted by Crippen LogP contribution is -2.32. The van der Waals surface area contributed by atoms with Crippen LogP contribution >= 0.6 is 0 Å². The maximum absolute atomic E-state index is 12.7. The molecule has 0 aliphatic rings. The van der Waals surface area contributed by atoms with Crippen LogP contribution in [0.4, 0.5) is 13.2 Å². The molecule has 0 spiro atoms. The molecule has 136 valence electrons. The van der Waals surface area contributed by atoms with E-state index in [4.69, 9.17) is 4.74 Å². The Bertz CT molecular complexity index is 811. The van der Waals surface area contributed by atoms with Crippen LogP contribution in [0.3, 0.4) is 0 Å². The fourth-order valence-electron chi connectivity index (χ4n) is 2.21. The van der Waals surface area contributed by atoms with Crippen LogP contribution in [0.15, 0.2) is 29.1 Å². The Morgan fingerprint density at radius 1 is 1.36 bits per heavy atom. The molecule has 1 aromatic heterocycles. The molecule has 1 aromatic carbocycles. The summed E-state index contributed by atoms with van der Waals surface area (Å²) in [7, 11) is 2.51. The lowest BCUT2D eigenvalue weighted by Gasteiger charge is -2.06. The minimum atomic E-state index is -4.71. The summed E-state index contributed by atoms with van der Waals surface area (Å²) in [6.07, 6.45) is -4.63. The fraction of sp³-hybridized carbons (Fsp3) is 0.400. The number of halogens is 3. The second-order valence-electron chi connectivity index (χ2n) is 5.26. The molecular formula is C15H17F3N4O3. The Morgan fingerprint density at radius 3 is 2.68 bits per heavy atom. The van der Waals surface area contributed by atoms with Gasteiger partial charge in [0.1, 0.15) is 5.75 Å². The lowest BCUT2D eigenvalue weighted by molar-refractivity contribution is -0.147. The highest BCUT2D eigenvalue weighted by Crippen LogP contribution is 2.25. The molecule has 0 radical (unpaired) electrons. The van der Waals surface area contributed by atoms with E-state index in [0.29, 0.717) is 15.0 Å². The number of hydrogen-bond donors (Lipinski definition) is 1. The predicted octanol–water partition coefficient (Wildman–Crippen LogP) is 0.968. The molecule has 25 heavy (non-hydrogen) atoms. The smallest absolute Gasteiger partial charge is 0.451 e. The van der Waals surface area contributed by atoms with Crippen molar-refractivity contribution in [2.75, 3.05) is 13.7 Å². The number of nitrogens with zero attached hydrogens (tertiary/aromatic N) is 3. The van der Waals surface area contributed by atoms with Crippen LogP contribution in [-0.2, 0) is 31.0 Å². The van der Waals surface area contributed by atoms with Crippen LogP contribution in [0.1, 0.15) is 11.4 Å². The number of aromatic nitrogens is 3. The Hall–Kier alpha value is -2.78. The topological polar surface area (TPSA) is 78.2 Å². The summed E-state index contributed by atoms with van der Waals surface area (Å²) < 4.78 is 44.2. The average molecular weight is 358 g/mol. The molecule has 0 bridgehead atoms. The Morgan fingerprint density at radius 2 is 2.08 bits per heavy atom. The highest BCUT2D eigenvalue weighted by atomic mass is 19.4. The molecule has 1 amide bonds. The zero-order chi connectivity index (χ0) is 18.6. The van der Waals surface area contributed by atoms with E-state index < -0.39 is 17.7 Å². The quantitative estimate of drug-likeness (QED) is 0.835. The first-order valence-corrected chi connectivity index (χ1v) is 7.33. The summed E-state index contributed by atoms with van der Waals surface area (Å²) >= 11 is 0. The third-order valence-corrected chi connectivity index (χ3v) is 3.44. The summed E-state index contributed by atoms with van der Waals surface area (Å²) in [5.74, 6) is -0.987. The van der Waals surface area contributed by atoms with Crippen LogP contribution in [0, 0.1) is 0 Å². The normalized spacial score (nSPS) is 11.4. The van der Waals surface area contributed by atoms with Crippen molar-refractivity contribution in [3.05, 3.63) is 46.1 Å². The molecule has 2 aromatic rings. The predicted molar refractivity (Wildman–Crippen MR) is 82.2 cm³/mol. The van der Waals surface area contributed by atoms with Crippen molar-refractivity contribution in [1.82, 2.24) is 19.7 Å². The minimum absolute atomic E-state index is 0.0168. The van der Waals surface area contributed by atoms with Crippen molar-refractivity contribution in [2.24, 2.45) is 7.05 Å². The summed E-state index contributed by atoms with van der Waals surface area (Å²) in [4.78, 5) is 23.6. The number of carbonyl (C=O) groups is 1. The van der Waals surface area contributed by atoms with Gasteiger partial charge in [-0.25, -0.2) is 9.48 Å². The number of carbonyl (C=O) groups excluding carboxylic acids is 1. The molecule has 0 fully saturated rings.